The third-order valence-corrected chi connectivity index (χ3v) is 5.94. The van der Waals surface area contributed by atoms with Gasteiger partial charge in [0.05, 0.1) is 18.8 Å². The minimum absolute atomic E-state index is 0.0346. The van der Waals surface area contributed by atoms with Gasteiger partial charge in [0.2, 0.25) is 17.7 Å². The largest absolute Gasteiger partial charge is 0.480 e. The lowest BCUT2D eigenvalue weighted by molar-refractivity contribution is -0.142. The summed E-state index contributed by atoms with van der Waals surface area (Å²) in [7, 11) is 0. The number of carboxylic acids is 1. The number of aliphatic hydroxyl groups is 1. The molecule has 39 heavy (non-hydrogen) atoms. The first-order chi connectivity index (χ1) is 18.6. The molecule has 0 bridgehead atoms. The smallest absolute Gasteiger partial charge is 0.326 e. The fourth-order valence-corrected chi connectivity index (χ4v) is 3.73. The van der Waals surface area contributed by atoms with Crippen molar-refractivity contribution in [2.45, 2.75) is 56.5 Å². The first-order valence-electron chi connectivity index (χ1n) is 12.2. The van der Waals surface area contributed by atoms with Crippen molar-refractivity contribution in [1.82, 2.24) is 35.9 Å². The fourth-order valence-electron chi connectivity index (χ4n) is 3.73. The van der Waals surface area contributed by atoms with Gasteiger partial charge in [-0.15, -0.1) is 0 Å². The molecule has 2 heterocycles. The van der Waals surface area contributed by atoms with Crippen LogP contribution in [0.2, 0.25) is 0 Å². The van der Waals surface area contributed by atoms with Crippen LogP contribution in [0.5, 0.6) is 0 Å². The Balaban J connectivity index is 1.80. The van der Waals surface area contributed by atoms with Gasteiger partial charge in [-0.05, 0) is 12.5 Å². The average molecular weight is 541 g/mol. The zero-order chi connectivity index (χ0) is 28.4. The monoisotopic (exact) mass is 540 g/mol. The van der Waals surface area contributed by atoms with Crippen molar-refractivity contribution >= 4 is 23.7 Å². The Kier molecular flexibility index (Phi) is 10.3. The van der Waals surface area contributed by atoms with Gasteiger partial charge >= 0.3 is 5.97 Å². The quantitative estimate of drug-likeness (QED) is 0.118. The van der Waals surface area contributed by atoms with E-state index in [0.29, 0.717) is 11.4 Å². The van der Waals surface area contributed by atoms with Gasteiger partial charge in [0, 0.05) is 43.0 Å². The molecule has 3 rings (SSSR count). The van der Waals surface area contributed by atoms with Crippen LogP contribution in [0.25, 0.3) is 0 Å². The minimum Gasteiger partial charge on any atom is -0.480 e. The molecule has 14 heteroatoms. The molecule has 3 aromatic rings. The van der Waals surface area contributed by atoms with E-state index in [1.54, 1.807) is 30.3 Å². The van der Waals surface area contributed by atoms with Gasteiger partial charge in [0.25, 0.3) is 0 Å². The van der Waals surface area contributed by atoms with Crippen molar-refractivity contribution in [2.75, 3.05) is 0 Å². The summed E-state index contributed by atoms with van der Waals surface area (Å²) in [5.74, 6) is -3.48. The number of aliphatic carboxylic acids is 1. The summed E-state index contributed by atoms with van der Waals surface area (Å²) in [6.07, 6.45) is 4.52. The zero-order valence-corrected chi connectivity index (χ0v) is 21.2. The third-order valence-electron chi connectivity index (χ3n) is 5.94. The summed E-state index contributed by atoms with van der Waals surface area (Å²) in [5.41, 5.74) is 7.48. The van der Waals surface area contributed by atoms with Crippen LogP contribution < -0.4 is 21.7 Å². The molecule has 0 spiro atoms. The summed E-state index contributed by atoms with van der Waals surface area (Å²) in [5, 5.41) is 27.0. The predicted molar refractivity (Wildman–Crippen MR) is 138 cm³/mol. The number of amides is 3. The number of nitrogens with zero attached hydrogens (tertiary/aromatic N) is 2. The number of nitrogens with two attached hydrogens (primary N) is 1. The highest BCUT2D eigenvalue weighted by molar-refractivity contribution is 5.94. The number of H-pyrrole nitrogens is 2. The van der Waals surface area contributed by atoms with Crippen molar-refractivity contribution in [3.63, 3.8) is 0 Å². The highest BCUT2D eigenvalue weighted by atomic mass is 16.4. The number of rotatable bonds is 14. The van der Waals surface area contributed by atoms with E-state index in [9.17, 15) is 29.4 Å². The van der Waals surface area contributed by atoms with Gasteiger partial charge < -0.3 is 41.9 Å². The van der Waals surface area contributed by atoms with Gasteiger partial charge in [0.1, 0.15) is 24.2 Å². The van der Waals surface area contributed by atoms with Crippen molar-refractivity contribution in [3.05, 3.63) is 72.3 Å². The second-order valence-corrected chi connectivity index (χ2v) is 9.04. The van der Waals surface area contributed by atoms with Crippen molar-refractivity contribution < 1.29 is 29.4 Å². The fraction of sp³-hybridized carbons (Fsp3) is 0.360. The molecular formula is C25H32N8O6. The predicted octanol–water partition coefficient (Wildman–Crippen LogP) is -1.59. The summed E-state index contributed by atoms with van der Waals surface area (Å²) in [4.78, 5) is 64.5. The third kappa shape index (κ3) is 8.76. The second kappa shape index (κ2) is 13.8. The minimum atomic E-state index is -1.30. The Morgan fingerprint density at radius 1 is 0.821 bits per heavy atom. The molecule has 9 N–H and O–H groups in total. The first-order valence-corrected chi connectivity index (χ1v) is 12.2. The normalized spacial score (nSPS) is 14.8. The molecule has 5 atom stereocenters. The maximum atomic E-state index is 13.4. The summed E-state index contributed by atoms with van der Waals surface area (Å²) in [6, 6.07) is 3.92. The van der Waals surface area contributed by atoms with Gasteiger partial charge in [0.15, 0.2) is 0 Å². The molecule has 0 radical (unpaired) electrons. The molecule has 0 aliphatic heterocycles. The van der Waals surface area contributed by atoms with Crippen molar-refractivity contribution in [3.8, 4) is 0 Å². The topological polar surface area (TPSA) is 228 Å². The highest BCUT2D eigenvalue weighted by Crippen LogP contribution is 2.07. The number of benzene rings is 1. The SMILES string of the molecule is CC(O)C(N)C(=O)NC(Cc1ccccc1)C(=O)NC(Cc1cnc[nH]1)C(=O)NC(Cc1cnc[nH]1)C(=O)O. The van der Waals surface area contributed by atoms with E-state index >= 15 is 0 Å². The maximum absolute atomic E-state index is 13.4. The maximum Gasteiger partial charge on any atom is 0.326 e. The van der Waals surface area contributed by atoms with E-state index in [4.69, 9.17) is 5.73 Å². The molecular weight excluding hydrogens is 508 g/mol. The summed E-state index contributed by atoms with van der Waals surface area (Å²) < 4.78 is 0. The van der Waals surface area contributed by atoms with Crippen LogP contribution in [0.4, 0.5) is 0 Å². The molecule has 1 aromatic carbocycles. The van der Waals surface area contributed by atoms with E-state index < -0.39 is 54.0 Å². The molecule has 2 aromatic heterocycles. The summed E-state index contributed by atoms with van der Waals surface area (Å²) >= 11 is 0. The lowest BCUT2D eigenvalue weighted by Crippen LogP contribution is -2.59. The lowest BCUT2D eigenvalue weighted by Gasteiger charge is -2.25. The number of aromatic amines is 2. The van der Waals surface area contributed by atoms with Crippen LogP contribution in [0.3, 0.4) is 0 Å². The Labute approximate surface area is 223 Å². The number of carbonyl (C=O) groups excluding carboxylic acids is 3. The van der Waals surface area contributed by atoms with E-state index in [1.165, 1.54) is 32.0 Å². The van der Waals surface area contributed by atoms with E-state index in [1.807, 2.05) is 0 Å². The molecule has 14 nitrogen and oxygen atoms in total. The van der Waals surface area contributed by atoms with E-state index in [0.717, 1.165) is 5.56 Å². The van der Waals surface area contributed by atoms with Gasteiger partial charge in [-0.25, -0.2) is 14.8 Å². The number of aliphatic hydroxyl groups excluding tert-OH is 1. The van der Waals surface area contributed by atoms with E-state index in [2.05, 4.69) is 35.9 Å². The van der Waals surface area contributed by atoms with Crippen molar-refractivity contribution in [2.24, 2.45) is 5.73 Å². The van der Waals surface area contributed by atoms with Crippen LogP contribution in [0.1, 0.15) is 23.9 Å². The Hall–Kier alpha value is -4.56. The molecule has 208 valence electrons. The van der Waals surface area contributed by atoms with Crippen LogP contribution in [0, 0.1) is 0 Å². The number of hydrogen-bond acceptors (Lipinski definition) is 8. The van der Waals surface area contributed by atoms with Crippen molar-refractivity contribution in [1.29, 1.82) is 0 Å². The van der Waals surface area contributed by atoms with Gasteiger partial charge in [-0.2, -0.15) is 0 Å². The van der Waals surface area contributed by atoms with E-state index in [-0.39, 0.29) is 19.3 Å². The molecule has 0 saturated heterocycles. The van der Waals surface area contributed by atoms with Crippen LogP contribution >= 0.6 is 0 Å². The molecule has 0 saturated carbocycles. The van der Waals surface area contributed by atoms with Gasteiger partial charge in [-0.1, -0.05) is 30.3 Å². The highest BCUT2D eigenvalue weighted by Gasteiger charge is 2.31. The molecule has 0 aliphatic carbocycles. The van der Waals surface area contributed by atoms with Crippen LogP contribution in [-0.2, 0) is 38.4 Å². The van der Waals surface area contributed by atoms with Crippen LogP contribution in [0.15, 0.2) is 55.4 Å². The number of carbonyl (C=O) groups is 4. The molecule has 5 unspecified atom stereocenters. The standard InChI is InChI=1S/C25H32N8O6/c1-14(34)21(26)24(37)32-18(7-15-5-3-2-4-6-15)22(35)31-19(8-16-10-27-12-29-16)23(36)33-20(25(38)39)9-17-11-28-13-30-17/h2-6,10-14,18-21,34H,7-9,26H2,1H3,(H,27,29)(H,28,30)(H,31,35)(H,32,37)(H,33,36)(H,38,39). The van der Waals surface area contributed by atoms with Crippen LogP contribution in [-0.4, -0.2) is 84.1 Å². The average Bonchev–Trinajstić information content (AvgIpc) is 3.62. The lowest BCUT2D eigenvalue weighted by atomic mass is 10.0. The summed E-state index contributed by atoms with van der Waals surface area (Å²) in [6.45, 7) is 1.35. The molecule has 0 aliphatic rings. The second-order valence-electron chi connectivity index (χ2n) is 9.04. The Morgan fingerprint density at radius 2 is 1.31 bits per heavy atom. The number of imidazole rings is 2. The number of hydrogen-bond donors (Lipinski definition) is 8. The first kappa shape index (κ1) is 29.0. The number of carboxylic acid groups (broad SMARTS) is 1. The Morgan fingerprint density at radius 3 is 1.79 bits per heavy atom. The Bertz CT molecular complexity index is 1220. The molecule has 0 fully saturated rings. The van der Waals surface area contributed by atoms with Gasteiger partial charge in [-0.3, -0.25) is 14.4 Å². The number of nitrogens with one attached hydrogen (secondary N) is 5. The zero-order valence-electron chi connectivity index (χ0n) is 21.2. The number of aromatic nitrogens is 4. The molecule has 3 amide bonds.